The summed E-state index contributed by atoms with van der Waals surface area (Å²) in [6, 6.07) is 15.6. The van der Waals surface area contributed by atoms with E-state index in [1.165, 1.54) is 0 Å². The van der Waals surface area contributed by atoms with Crippen molar-refractivity contribution in [3.8, 4) is 11.1 Å². The van der Waals surface area contributed by atoms with E-state index in [4.69, 9.17) is 21.6 Å². The minimum Gasteiger partial charge on any atom is -0.481 e. The molecule has 1 amide bonds. The van der Waals surface area contributed by atoms with Crippen LogP contribution in [-0.4, -0.2) is 72.2 Å². The summed E-state index contributed by atoms with van der Waals surface area (Å²) < 4.78 is 1.89. The number of carboxylic acid groups (broad SMARTS) is 1. The molecule has 2 aromatic carbocycles. The molecule has 282 valence electrons. The van der Waals surface area contributed by atoms with E-state index in [1.807, 2.05) is 68.1 Å². The average molecular weight is 751 g/mol. The van der Waals surface area contributed by atoms with Gasteiger partial charge in [0.15, 0.2) is 11.6 Å². The third kappa shape index (κ3) is 7.97. The minimum atomic E-state index is -0.678. The molecule has 1 aliphatic heterocycles. The van der Waals surface area contributed by atoms with E-state index in [0.717, 1.165) is 95.4 Å². The van der Waals surface area contributed by atoms with E-state index >= 15 is 0 Å². The Balaban J connectivity index is 1.05. The Hall–Kier alpha value is -4.88. The summed E-state index contributed by atoms with van der Waals surface area (Å²) in [5.74, 6) is 0.239. The average Bonchev–Trinajstić information content (AvgIpc) is 3.51. The van der Waals surface area contributed by atoms with Gasteiger partial charge in [0.25, 0.3) is 5.91 Å². The summed E-state index contributed by atoms with van der Waals surface area (Å²) in [5.41, 5.74) is 7.72. The Morgan fingerprint density at radius 1 is 1.04 bits per heavy atom. The molecule has 1 fully saturated rings. The lowest BCUT2D eigenvalue weighted by atomic mass is 9.81. The second-order valence-electron chi connectivity index (χ2n) is 14.7. The SMILES string of the molecule is Cc1c(Nc2nccc3cc(CNC(C)CO)cnc23)cccc1-c1cccc(NC(=O)c2nc3c(n2C)CCN(CC2CCC(C(=O)O)CC2)C3)c1Cl. The summed E-state index contributed by atoms with van der Waals surface area (Å²) in [4.78, 5) is 41.6. The first-order valence-corrected chi connectivity index (χ1v) is 19.0. The van der Waals surface area contributed by atoms with Crippen molar-refractivity contribution in [1.29, 1.82) is 0 Å². The Morgan fingerprint density at radius 2 is 1.80 bits per heavy atom. The van der Waals surface area contributed by atoms with Gasteiger partial charge < -0.3 is 30.7 Å². The van der Waals surface area contributed by atoms with Crippen LogP contribution in [0.25, 0.3) is 22.0 Å². The van der Waals surface area contributed by atoms with Crippen molar-refractivity contribution in [2.75, 3.05) is 30.3 Å². The molecule has 1 saturated carbocycles. The fourth-order valence-electron chi connectivity index (χ4n) is 7.75. The maximum absolute atomic E-state index is 13.7. The first-order chi connectivity index (χ1) is 26.1. The van der Waals surface area contributed by atoms with E-state index in [0.29, 0.717) is 41.4 Å². The molecule has 0 saturated heterocycles. The van der Waals surface area contributed by atoms with Gasteiger partial charge in [-0.05, 0) is 86.4 Å². The molecule has 5 N–H and O–H groups in total. The van der Waals surface area contributed by atoms with Crippen LogP contribution in [0.4, 0.5) is 17.2 Å². The van der Waals surface area contributed by atoms with Crippen LogP contribution >= 0.6 is 11.6 Å². The molecule has 12 nitrogen and oxygen atoms in total. The van der Waals surface area contributed by atoms with Gasteiger partial charge in [0.2, 0.25) is 0 Å². The molecule has 2 aliphatic rings. The highest BCUT2D eigenvalue weighted by molar-refractivity contribution is 6.36. The zero-order chi connectivity index (χ0) is 37.9. The zero-order valence-electron chi connectivity index (χ0n) is 30.9. The number of rotatable bonds is 12. The molecule has 0 bridgehead atoms. The number of aliphatic hydroxyl groups is 1. The monoisotopic (exact) mass is 750 g/mol. The van der Waals surface area contributed by atoms with Gasteiger partial charge in [0.1, 0.15) is 5.52 Å². The van der Waals surface area contributed by atoms with E-state index in [-0.39, 0.29) is 24.5 Å². The van der Waals surface area contributed by atoms with Crippen molar-refractivity contribution in [3.05, 3.63) is 94.3 Å². The molecule has 54 heavy (non-hydrogen) atoms. The van der Waals surface area contributed by atoms with Crippen LogP contribution in [-0.2, 0) is 31.4 Å². The maximum Gasteiger partial charge on any atom is 0.306 e. The van der Waals surface area contributed by atoms with Crippen molar-refractivity contribution in [3.63, 3.8) is 0 Å². The predicted molar refractivity (Wildman–Crippen MR) is 211 cm³/mol. The first-order valence-electron chi connectivity index (χ1n) is 18.6. The van der Waals surface area contributed by atoms with E-state index in [1.54, 1.807) is 12.3 Å². The quantitative estimate of drug-likeness (QED) is 0.0929. The van der Waals surface area contributed by atoms with Gasteiger partial charge in [-0.2, -0.15) is 0 Å². The number of halogens is 1. The summed E-state index contributed by atoms with van der Waals surface area (Å²) in [6.07, 6.45) is 7.72. The Kier molecular flexibility index (Phi) is 11.3. The van der Waals surface area contributed by atoms with Gasteiger partial charge in [-0.25, -0.2) is 9.97 Å². The number of fused-ring (bicyclic) bond motifs is 2. The number of aromatic nitrogens is 4. The summed E-state index contributed by atoms with van der Waals surface area (Å²) >= 11 is 7.04. The van der Waals surface area contributed by atoms with Gasteiger partial charge in [-0.3, -0.25) is 19.5 Å². The van der Waals surface area contributed by atoms with E-state index in [9.17, 15) is 19.8 Å². The van der Waals surface area contributed by atoms with Crippen LogP contribution in [0.2, 0.25) is 5.02 Å². The number of nitrogens with one attached hydrogen (secondary N) is 3. The molecule has 0 spiro atoms. The molecular formula is C41H47ClN8O4. The van der Waals surface area contributed by atoms with E-state index < -0.39 is 5.97 Å². The topological polar surface area (TPSA) is 158 Å². The lowest BCUT2D eigenvalue weighted by Crippen LogP contribution is -2.36. The van der Waals surface area contributed by atoms with Crippen LogP contribution in [0.3, 0.4) is 0 Å². The smallest absolute Gasteiger partial charge is 0.306 e. The highest BCUT2D eigenvalue weighted by atomic mass is 35.5. The molecule has 5 aromatic rings. The van der Waals surface area contributed by atoms with Crippen LogP contribution in [0.15, 0.2) is 60.9 Å². The standard InChI is InChI=1S/C41H47ClN8O4/c1-24(23-51)44-19-27-18-29-14-16-43-38(37(29)45-20-27)46-32-8-4-6-30(25(32)2)31-7-5-9-33(36(31)42)48-40(52)39-47-34-22-50(17-15-35(34)49(39)3)21-26-10-12-28(13-11-26)41(53)54/h4-9,14,16,18,20,24,26,28,44,51H,10-13,15,17,19,21-23H2,1-3H3,(H,43,46)(H,48,52)(H,53,54). The Bertz CT molecular complexity index is 2180. The summed E-state index contributed by atoms with van der Waals surface area (Å²) in [5, 5.41) is 29.9. The first kappa shape index (κ1) is 37.4. The number of pyridine rings is 2. The largest absolute Gasteiger partial charge is 0.481 e. The number of anilines is 3. The maximum atomic E-state index is 13.7. The number of carbonyl (C=O) groups excluding carboxylic acids is 1. The molecule has 1 aliphatic carbocycles. The normalized spacial score (nSPS) is 17.9. The van der Waals surface area contributed by atoms with Crippen molar-refractivity contribution < 1.29 is 19.8 Å². The number of amides is 1. The highest BCUT2D eigenvalue weighted by Gasteiger charge is 2.30. The number of aliphatic carboxylic acids is 1. The van der Waals surface area contributed by atoms with Crippen molar-refractivity contribution >= 4 is 51.6 Å². The summed E-state index contributed by atoms with van der Waals surface area (Å²) in [7, 11) is 1.89. The Morgan fingerprint density at radius 3 is 2.56 bits per heavy atom. The Labute approximate surface area is 320 Å². The second kappa shape index (κ2) is 16.2. The lowest BCUT2D eigenvalue weighted by Gasteiger charge is -2.33. The highest BCUT2D eigenvalue weighted by Crippen LogP contribution is 2.39. The van der Waals surface area contributed by atoms with E-state index in [2.05, 4.69) is 31.9 Å². The molecule has 0 radical (unpaired) electrons. The van der Waals surface area contributed by atoms with Crippen molar-refractivity contribution in [2.45, 2.75) is 65.1 Å². The van der Waals surface area contributed by atoms with Gasteiger partial charge in [0, 0.05) is 80.4 Å². The molecule has 1 unspecified atom stereocenters. The van der Waals surface area contributed by atoms with Crippen molar-refractivity contribution in [2.24, 2.45) is 18.9 Å². The number of carbonyl (C=O) groups is 2. The molecule has 4 heterocycles. The van der Waals surface area contributed by atoms with Crippen LogP contribution in [0, 0.1) is 18.8 Å². The van der Waals surface area contributed by atoms with Crippen LogP contribution in [0.5, 0.6) is 0 Å². The third-order valence-electron chi connectivity index (χ3n) is 11.0. The molecule has 7 rings (SSSR count). The minimum absolute atomic E-state index is 0.00858. The second-order valence-corrected chi connectivity index (χ2v) is 15.1. The molecular weight excluding hydrogens is 704 g/mol. The van der Waals surface area contributed by atoms with Gasteiger partial charge in [-0.1, -0.05) is 35.9 Å². The zero-order valence-corrected chi connectivity index (χ0v) is 31.7. The number of aliphatic hydroxyl groups excluding tert-OH is 1. The fourth-order valence-corrected chi connectivity index (χ4v) is 8.03. The number of benzene rings is 2. The predicted octanol–water partition coefficient (Wildman–Crippen LogP) is 6.71. The number of carboxylic acids is 1. The summed E-state index contributed by atoms with van der Waals surface area (Å²) in [6.45, 7) is 7.08. The van der Waals surface area contributed by atoms with Crippen LogP contribution < -0.4 is 16.0 Å². The number of hydrogen-bond acceptors (Lipinski definition) is 9. The van der Waals surface area contributed by atoms with Gasteiger partial charge >= 0.3 is 5.97 Å². The lowest BCUT2D eigenvalue weighted by molar-refractivity contribution is -0.143. The number of nitrogens with zero attached hydrogens (tertiary/aromatic N) is 5. The molecule has 3 aromatic heterocycles. The molecule has 1 atom stereocenters. The number of hydrogen-bond donors (Lipinski definition) is 5. The van der Waals surface area contributed by atoms with Gasteiger partial charge in [-0.15, -0.1) is 0 Å². The molecule has 13 heteroatoms. The third-order valence-corrected chi connectivity index (χ3v) is 11.4. The number of imidazole rings is 1. The van der Waals surface area contributed by atoms with Gasteiger partial charge in [0.05, 0.1) is 28.9 Å². The van der Waals surface area contributed by atoms with Crippen LogP contribution in [0.1, 0.15) is 65.7 Å². The fraction of sp³-hybridized carbons (Fsp3) is 0.390. The van der Waals surface area contributed by atoms with Crippen molar-refractivity contribution in [1.82, 2.24) is 29.7 Å².